The molecule has 3 nitrogen and oxygen atoms in total. The molecule has 0 bridgehead atoms. The number of aromatic nitrogens is 1. The maximum Gasteiger partial charge on any atom is 0.497 e. The van der Waals surface area contributed by atoms with Gasteiger partial charge < -0.3 is 9.31 Å². The van der Waals surface area contributed by atoms with Crippen molar-refractivity contribution in [3.05, 3.63) is 29.7 Å². The summed E-state index contributed by atoms with van der Waals surface area (Å²) >= 11 is 2.15. The van der Waals surface area contributed by atoms with Crippen LogP contribution in [0.25, 0.3) is 10.9 Å². The van der Waals surface area contributed by atoms with E-state index in [9.17, 15) is 4.39 Å². The zero-order valence-electron chi connectivity index (χ0n) is 13.2. The Morgan fingerprint density at radius 2 is 1.77 bits per heavy atom. The monoisotopic (exact) mass is 433 g/mol. The molecule has 7 heteroatoms. The van der Waals surface area contributed by atoms with E-state index in [0.717, 1.165) is 16.4 Å². The number of hydrogen-bond donors (Lipinski definition) is 0. The zero-order valence-corrected chi connectivity index (χ0v) is 16.2. The summed E-state index contributed by atoms with van der Waals surface area (Å²) < 4.78 is 28.5. The third-order valence-corrected chi connectivity index (χ3v) is 6.29. The van der Waals surface area contributed by atoms with Crippen molar-refractivity contribution in [1.82, 2.24) is 3.97 Å². The fourth-order valence-corrected chi connectivity index (χ4v) is 3.99. The van der Waals surface area contributed by atoms with Gasteiger partial charge in [-0.05, 0) is 52.3 Å². The van der Waals surface area contributed by atoms with Crippen LogP contribution in [-0.2, 0) is 9.31 Å². The first-order valence-corrected chi connectivity index (χ1v) is 10.4. The molecule has 118 valence electrons. The standard InChI is InChI=1S/C15H18BFINO2S/c1-9-6-10-11(8-19(22-18)13(10)12(17)7-9)16-20-14(2,3)15(4,5)21-16/h6-8H,1-5H3. The Morgan fingerprint density at radius 3 is 2.32 bits per heavy atom. The Labute approximate surface area is 146 Å². The van der Waals surface area contributed by atoms with Crippen molar-refractivity contribution in [3.63, 3.8) is 0 Å². The largest absolute Gasteiger partial charge is 0.497 e. The van der Waals surface area contributed by atoms with Crippen LogP contribution in [0.2, 0.25) is 0 Å². The fourth-order valence-electron chi connectivity index (χ4n) is 2.65. The molecule has 0 amide bonds. The topological polar surface area (TPSA) is 23.4 Å². The Bertz CT molecular complexity index is 731. The van der Waals surface area contributed by atoms with E-state index < -0.39 is 18.3 Å². The van der Waals surface area contributed by atoms with Crippen LogP contribution >= 0.6 is 30.3 Å². The third kappa shape index (κ3) is 2.50. The second kappa shape index (κ2) is 5.39. The van der Waals surface area contributed by atoms with Gasteiger partial charge in [0.15, 0.2) is 0 Å². The lowest BCUT2D eigenvalue weighted by molar-refractivity contribution is 0.00578. The summed E-state index contributed by atoms with van der Waals surface area (Å²) in [5.74, 6) is -0.220. The number of halogens is 2. The third-order valence-electron chi connectivity index (χ3n) is 4.58. The summed E-state index contributed by atoms with van der Waals surface area (Å²) in [6, 6.07) is 3.54. The first kappa shape index (κ1) is 16.6. The van der Waals surface area contributed by atoms with Crippen molar-refractivity contribution in [2.45, 2.75) is 45.8 Å². The molecule has 1 aliphatic rings. The van der Waals surface area contributed by atoms with Crippen LogP contribution in [0.1, 0.15) is 33.3 Å². The second-order valence-corrected chi connectivity index (χ2v) is 8.42. The van der Waals surface area contributed by atoms with Crippen molar-refractivity contribution in [2.24, 2.45) is 0 Å². The van der Waals surface area contributed by atoms with Crippen LogP contribution in [0.3, 0.4) is 0 Å². The lowest BCUT2D eigenvalue weighted by Gasteiger charge is -2.32. The van der Waals surface area contributed by atoms with Crippen molar-refractivity contribution in [1.29, 1.82) is 0 Å². The minimum Gasteiger partial charge on any atom is -0.399 e. The first-order valence-electron chi connectivity index (χ1n) is 7.12. The maximum atomic E-state index is 14.4. The minimum absolute atomic E-state index is 0.220. The van der Waals surface area contributed by atoms with E-state index in [2.05, 4.69) is 21.2 Å². The van der Waals surface area contributed by atoms with Gasteiger partial charge in [0.2, 0.25) is 0 Å². The molecule has 1 fully saturated rings. The molecule has 0 saturated carbocycles. The highest BCUT2D eigenvalue weighted by atomic mass is 127. The summed E-state index contributed by atoms with van der Waals surface area (Å²) in [6.07, 6.45) is 1.91. The van der Waals surface area contributed by atoms with Gasteiger partial charge in [-0.1, -0.05) is 0 Å². The van der Waals surface area contributed by atoms with Crippen molar-refractivity contribution in [2.75, 3.05) is 0 Å². The van der Waals surface area contributed by atoms with Gasteiger partial charge in [0.25, 0.3) is 0 Å². The van der Waals surface area contributed by atoms with Gasteiger partial charge in [-0.3, -0.25) is 3.97 Å². The van der Waals surface area contributed by atoms with Gasteiger partial charge in [0.05, 0.1) is 16.7 Å². The molecule has 1 saturated heterocycles. The predicted molar refractivity (Wildman–Crippen MR) is 99.4 cm³/mol. The number of nitrogens with zero attached hydrogens (tertiary/aromatic N) is 1. The zero-order chi connectivity index (χ0) is 16.3. The van der Waals surface area contributed by atoms with Crippen LogP contribution in [0.15, 0.2) is 18.3 Å². The molecule has 0 aliphatic carbocycles. The molecule has 1 aromatic heterocycles. The SMILES string of the molecule is Cc1cc(F)c2c(c1)c(B1OC(C)(C)C(C)(C)O1)cn2SI. The number of hydrogen-bond acceptors (Lipinski definition) is 3. The number of benzene rings is 1. The highest BCUT2D eigenvalue weighted by molar-refractivity contribution is 14.2. The lowest BCUT2D eigenvalue weighted by atomic mass is 9.79. The summed E-state index contributed by atoms with van der Waals surface area (Å²) in [4.78, 5) is 0. The molecular formula is C15H18BFINO2S. The van der Waals surface area contributed by atoms with Crippen LogP contribution < -0.4 is 5.46 Å². The molecule has 1 aromatic carbocycles. The van der Waals surface area contributed by atoms with Crippen LogP contribution in [0.4, 0.5) is 4.39 Å². The van der Waals surface area contributed by atoms with Gasteiger partial charge in [0.1, 0.15) is 5.82 Å². The van der Waals surface area contributed by atoms with Crippen LogP contribution in [0.5, 0.6) is 0 Å². The average molecular weight is 433 g/mol. The average Bonchev–Trinajstić information content (AvgIpc) is 2.84. The Kier molecular flexibility index (Phi) is 4.07. The number of fused-ring (bicyclic) bond motifs is 1. The summed E-state index contributed by atoms with van der Waals surface area (Å²) in [6.45, 7) is 9.97. The van der Waals surface area contributed by atoms with Gasteiger partial charge in [-0.15, -0.1) is 0 Å². The van der Waals surface area contributed by atoms with Gasteiger partial charge in [0, 0.05) is 47.4 Å². The summed E-state index contributed by atoms with van der Waals surface area (Å²) in [5.41, 5.74) is 1.52. The van der Waals surface area contributed by atoms with E-state index >= 15 is 0 Å². The smallest absolute Gasteiger partial charge is 0.399 e. The van der Waals surface area contributed by atoms with E-state index in [1.54, 1.807) is 6.07 Å². The predicted octanol–water partition coefficient (Wildman–Crippen LogP) is 4.23. The van der Waals surface area contributed by atoms with E-state index in [1.807, 2.05) is 50.9 Å². The fraction of sp³-hybridized carbons (Fsp3) is 0.467. The molecule has 3 rings (SSSR count). The van der Waals surface area contributed by atoms with Crippen LogP contribution in [0, 0.1) is 12.7 Å². The second-order valence-electron chi connectivity index (χ2n) is 6.71. The van der Waals surface area contributed by atoms with E-state index in [-0.39, 0.29) is 5.82 Å². The summed E-state index contributed by atoms with van der Waals surface area (Å²) in [7, 11) is 0.946. The van der Waals surface area contributed by atoms with E-state index in [0.29, 0.717) is 5.52 Å². The molecule has 0 N–H and O–H groups in total. The molecule has 2 heterocycles. The Morgan fingerprint density at radius 1 is 1.18 bits per heavy atom. The van der Waals surface area contributed by atoms with Crippen LogP contribution in [-0.4, -0.2) is 22.3 Å². The molecule has 2 aromatic rings. The Balaban J connectivity index is 2.17. The van der Waals surface area contributed by atoms with Gasteiger partial charge >= 0.3 is 7.12 Å². The van der Waals surface area contributed by atoms with Gasteiger partial charge in [-0.25, -0.2) is 4.39 Å². The molecule has 1 aliphatic heterocycles. The normalized spacial score (nSPS) is 20.0. The van der Waals surface area contributed by atoms with Crippen molar-refractivity contribution in [3.8, 4) is 0 Å². The summed E-state index contributed by atoms with van der Waals surface area (Å²) in [5, 5.41) is 0.847. The molecule has 0 radical (unpaired) electrons. The van der Waals surface area contributed by atoms with E-state index in [1.165, 1.54) is 9.12 Å². The quantitative estimate of drug-likeness (QED) is 0.524. The maximum absolute atomic E-state index is 14.4. The minimum atomic E-state index is -0.488. The highest BCUT2D eigenvalue weighted by Gasteiger charge is 2.52. The molecule has 0 spiro atoms. The van der Waals surface area contributed by atoms with Crippen molar-refractivity contribution >= 4 is 53.8 Å². The molecular weight excluding hydrogens is 415 g/mol. The molecule has 0 unspecified atom stereocenters. The number of aryl methyl sites for hydroxylation is 1. The number of rotatable bonds is 2. The Hall–Kier alpha value is -0.245. The highest BCUT2D eigenvalue weighted by Crippen LogP contribution is 2.38. The van der Waals surface area contributed by atoms with Crippen molar-refractivity contribution < 1.29 is 13.7 Å². The first-order chi connectivity index (χ1) is 10.2. The lowest BCUT2D eigenvalue weighted by Crippen LogP contribution is -2.41. The molecule has 22 heavy (non-hydrogen) atoms. The van der Waals surface area contributed by atoms with E-state index in [4.69, 9.17) is 9.31 Å². The molecule has 0 atom stereocenters. The van der Waals surface area contributed by atoms with Gasteiger partial charge in [-0.2, -0.15) is 0 Å².